The number of hydrazone groups is 1. The number of rotatable bonds is 1. The Morgan fingerprint density at radius 2 is 1.86 bits per heavy atom. The van der Waals surface area contributed by atoms with E-state index in [9.17, 15) is 4.79 Å². The van der Waals surface area contributed by atoms with Gasteiger partial charge in [-0.1, -0.05) is 29.8 Å². The van der Waals surface area contributed by atoms with Crippen LogP contribution in [0.4, 0.5) is 5.69 Å². The van der Waals surface area contributed by atoms with Gasteiger partial charge in [0.15, 0.2) is 0 Å². The third kappa shape index (κ3) is 1.96. The second-order valence-electron chi connectivity index (χ2n) is 5.36. The Balaban J connectivity index is 2.16. The lowest BCUT2D eigenvalue weighted by molar-refractivity contribution is -0.116. The van der Waals surface area contributed by atoms with Crippen LogP contribution in [0.25, 0.3) is 21.8 Å². The van der Waals surface area contributed by atoms with E-state index in [0.717, 1.165) is 33.2 Å². The average molecular weight is 310 g/mol. The molecule has 22 heavy (non-hydrogen) atoms. The molecule has 0 atom stereocenters. The Morgan fingerprint density at radius 1 is 1.09 bits per heavy atom. The summed E-state index contributed by atoms with van der Waals surface area (Å²) in [5.74, 6) is -0.0323. The van der Waals surface area contributed by atoms with Crippen molar-refractivity contribution >= 4 is 50.7 Å². The Kier molecular flexibility index (Phi) is 2.87. The number of nitrogens with zero attached hydrogens (tertiary/aromatic N) is 3. The van der Waals surface area contributed by atoms with E-state index in [0.29, 0.717) is 11.4 Å². The van der Waals surface area contributed by atoms with Gasteiger partial charge in [0, 0.05) is 21.5 Å². The molecule has 0 spiro atoms. The molecule has 3 aromatic rings. The molecular weight excluding hydrogens is 298 g/mol. The van der Waals surface area contributed by atoms with Crippen molar-refractivity contribution < 1.29 is 4.79 Å². The fraction of sp³-hybridized carbons (Fsp3) is 0.118. The van der Waals surface area contributed by atoms with Crippen molar-refractivity contribution in [2.24, 2.45) is 5.10 Å². The van der Waals surface area contributed by atoms with E-state index < -0.39 is 0 Å². The lowest BCUT2D eigenvalue weighted by Gasteiger charge is -2.17. The molecule has 2 aromatic carbocycles. The first-order chi connectivity index (χ1) is 10.6. The van der Waals surface area contributed by atoms with Crippen LogP contribution in [0.15, 0.2) is 47.6 Å². The molecule has 0 saturated carbocycles. The van der Waals surface area contributed by atoms with E-state index in [1.165, 1.54) is 5.01 Å². The van der Waals surface area contributed by atoms with Crippen LogP contribution in [-0.2, 0) is 4.79 Å². The van der Waals surface area contributed by atoms with Gasteiger partial charge in [-0.05, 0) is 31.2 Å². The monoisotopic (exact) mass is 309 g/mol. The number of fused-ring (bicyclic) bond motifs is 2. The number of para-hydroxylation sites is 1. The molecule has 1 amide bonds. The Labute approximate surface area is 132 Å². The summed E-state index contributed by atoms with van der Waals surface area (Å²) in [4.78, 5) is 17.0. The highest BCUT2D eigenvalue weighted by Crippen LogP contribution is 2.36. The van der Waals surface area contributed by atoms with Crippen molar-refractivity contribution in [1.82, 2.24) is 4.98 Å². The molecule has 0 bridgehead atoms. The highest BCUT2D eigenvalue weighted by Gasteiger charge is 2.26. The van der Waals surface area contributed by atoms with Gasteiger partial charge < -0.3 is 0 Å². The summed E-state index contributed by atoms with van der Waals surface area (Å²) < 4.78 is 0. The molecule has 0 unspecified atom stereocenters. The fourth-order valence-corrected chi connectivity index (χ4v) is 2.97. The zero-order valence-corrected chi connectivity index (χ0v) is 12.6. The lowest BCUT2D eigenvalue weighted by atomic mass is 10.1. The zero-order valence-electron chi connectivity index (χ0n) is 11.9. The Hall–Kier alpha value is -2.46. The molecule has 1 aliphatic rings. The van der Waals surface area contributed by atoms with Gasteiger partial charge in [-0.15, -0.1) is 0 Å². The summed E-state index contributed by atoms with van der Waals surface area (Å²) in [5.41, 5.74) is 3.19. The molecule has 4 nitrogen and oxygen atoms in total. The third-order valence-electron chi connectivity index (χ3n) is 3.74. The number of aromatic nitrogens is 1. The van der Waals surface area contributed by atoms with Crippen molar-refractivity contribution in [2.75, 3.05) is 5.01 Å². The molecular formula is C17H12ClN3O. The van der Waals surface area contributed by atoms with Crippen LogP contribution in [0.2, 0.25) is 5.02 Å². The summed E-state index contributed by atoms with van der Waals surface area (Å²) >= 11 is 6.15. The zero-order chi connectivity index (χ0) is 15.3. The number of hydrogen-bond donors (Lipinski definition) is 0. The van der Waals surface area contributed by atoms with Crippen LogP contribution >= 0.6 is 11.6 Å². The van der Waals surface area contributed by atoms with Gasteiger partial charge in [-0.2, -0.15) is 10.1 Å². The van der Waals surface area contributed by atoms with Gasteiger partial charge in [-0.3, -0.25) is 4.79 Å². The van der Waals surface area contributed by atoms with Gasteiger partial charge in [0.05, 0.1) is 23.1 Å². The number of benzene rings is 2. The van der Waals surface area contributed by atoms with Crippen LogP contribution in [0.1, 0.15) is 13.3 Å². The number of pyridine rings is 1. The van der Waals surface area contributed by atoms with Gasteiger partial charge in [0.25, 0.3) is 5.91 Å². The van der Waals surface area contributed by atoms with Gasteiger partial charge in [0.1, 0.15) is 0 Å². The Bertz CT molecular complexity index is 965. The fourth-order valence-electron chi connectivity index (χ4n) is 2.80. The first-order valence-electron chi connectivity index (χ1n) is 6.98. The van der Waals surface area contributed by atoms with Crippen LogP contribution in [0.5, 0.6) is 0 Å². The SMILES string of the molecule is CC1=NN(c2c3ccccc3nc3ccc(Cl)cc23)C(=O)C1. The summed E-state index contributed by atoms with van der Waals surface area (Å²) in [5, 5.41) is 8.22. The molecule has 0 N–H and O–H groups in total. The molecule has 5 heteroatoms. The summed E-state index contributed by atoms with van der Waals surface area (Å²) in [7, 11) is 0. The normalized spacial score (nSPS) is 14.9. The maximum absolute atomic E-state index is 12.3. The van der Waals surface area contributed by atoms with Crippen molar-refractivity contribution in [1.29, 1.82) is 0 Å². The smallest absolute Gasteiger partial charge is 0.253 e. The van der Waals surface area contributed by atoms with Crippen molar-refractivity contribution in [3.63, 3.8) is 0 Å². The number of carbonyl (C=O) groups excluding carboxylic acids is 1. The molecule has 2 heterocycles. The highest BCUT2D eigenvalue weighted by atomic mass is 35.5. The van der Waals surface area contributed by atoms with E-state index in [1.807, 2.05) is 43.3 Å². The quantitative estimate of drug-likeness (QED) is 0.634. The molecule has 0 saturated heterocycles. The largest absolute Gasteiger partial charge is 0.272 e. The Morgan fingerprint density at radius 3 is 2.64 bits per heavy atom. The van der Waals surface area contributed by atoms with Crippen LogP contribution < -0.4 is 5.01 Å². The van der Waals surface area contributed by atoms with Crippen LogP contribution in [-0.4, -0.2) is 16.6 Å². The second-order valence-corrected chi connectivity index (χ2v) is 5.79. The molecule has 108 valence electrons. The van der Waals surface area contributed by atoms with Crippen molar-refractivity contribution in [3.05, 3.63) is 47.5 Å². The minimum Gasteiger partial charge on any atom is -0.272 e. The molecule has 0 aliphatic carbocycles. The molecule has 0 fully saturated rings. The predicted octanol–water partition coefficient (Wildman–Crippen LogP) is 4.15. The number of anilines is 1. The first-order valence-corrected chi connectivity index (χ1v) is 7.36. The van der Waals surface area contributed by atoms with E-state index in [4.69, 9.17) is 11.6 Å². The number of carbonyl (C=O) groups is 1. The van der Waals surface area contributed by atoms with Crippen LogP contribution in [0, 0.1) is 0 Å². The first kappa shape index (κ1) is 13.2. The number of halogens is 1. The third-order valence-corrected chi connectivity index (χ3v) is 3.97. The minimum absolute atomic E-state index is 0.0323. The summed E-state index contributed by atoms with van der Waals surface area (Å²) in [6.07, 6.45) is 0.346. The summed E-state index contributed by atoms with van der Waals surface area (Å²) in [6.45, 7) is 1.86. The summed E-state index contributed by atoms with van der Waals surface area (Å²) in [6, 6.07) is 13.3. The second kappa shape index (κ2) is 4.78. The molecule has 4 rings (SSSR count). The maximum atomic E-state index is 12.3. The average Bonchev–Trinajstić information content (AvgIpc) is 2.83. The van der Waals surface area contributed by atoms with Crippen molar-refractivity contribution in [3.8, 4) is 0 Å². The van der Waals surface area contributed by atoms with E-state index in [1.54, 1.807) is 6.07 Å². The predicted molar refractivity (Wildman–Crippen MR) is 89.5 cm³/mol. The topological polar surface area (TPSA) is 45.6 Å². The molecule has 1 aliphatic heterocycles. The van der Waals surface area contributed by atoms with Crippen LogP contribution in [0.3, 0.4) is 0 Å². The van der Waals surface area contributed by atoms with E-state index >= 15 is 0 Å². The maximum Gasteiger partial charge on any atom is 0.253 e. The molecule has 1 aromatic heterocycles. The standard InChI is InChI=1S/C17H12ClN3O/c1-10-8-16(22)21(20-10)17-12-4-2-3-5-14(12)19-15-7-6-11(18)9-13(15)17/h2-7,9H,8H2,1H3. The van der Waals surface area contributed by atoms with Gasteiger partial charge in [-0.25, -0.2) is 4.98 Å². The lowest BCUT2D eigenvalue weighted by Crippen LogP contribution is -2.20. The molecule has 0 radical (unpaired) electrons. The van der Waals surface area contributed by atoms with Crippen molar-refractivity contribution in [2.45, 2.75) is 13.3 Å². The number of amides is 1. The minimum atomic E-state index is -0.0323. The van der Waals surface area contributed by atoms with Gasteiger partial charge >= 0.3 is 0 Å². The number of hydrogen-bond acceptors (Lipinski definition) is 3. The van der Waals surface area contributed by atoms with E-state index in [-0.39, 0.29) is 5.91 Å². The highest BCUT2D eigenvalue weighted by molar-refractivity contribution is 6.32. The van der Waals surface area contributed by atoms with Gasteiger partial charge in [0.2, 0.25) is 0 Å². The van der Waals surface area contributed by atoms with E-state index in [2.05, 4.69) is 10.1 Å².